The van der Waals surface area contributed by atoms with Crippen LogP contribution in [0.5, 0.6) is 5.75 Å². The number of hydrogen-bond donors (Lipinski definition) is 0. The highest BCUT2D eigenvalue weighted by molar-refractivity contribution is 7.99. The third-order valence-electron chi connectivity index (χ3n) is 3.75. The van der Waals surface area contributed by atoms with Crippen molar-refractivity contribution in [3.05, 3.63) is 59.9 Å². The van der Waals surface area contributed by atoms with Crippen LogP contribution in [-0.2, 0) is 11.3 Å². The van der Waals surface area contributed by atoms with E-state index in [9.17, 15) is 4.79 Å². The van der Waals surface area contributed by atoms with Crippen molar-refractivity contribution in [1.82, 2.24) is 9.88 Å². The first kappa shape index (κ1) is 15.9. The summed E-state index contributed by atoms with van der Waals surface area (Å²) in [7, 11) is 0. The number of benzene rings is 1. The molecule has 23 heavy (non-hydrogen) atoms. The zero-order valence-electron chi connectivity index (χ0n) is 13.1. The molecule has 5 heteroatoms. The number of rotatable bonds is 5. The van der Waals surface area contributed by atoms with Crippen LogP contribution in [0, 0.1) is 0 Å². The van der Waals surface area contributed by atoms with Crippen LogP contribution in [0.15, 0.2) is 48.8 Å². The third kappa shape index (κ3) is 3.85. The molecule has 4 nitrogen and oxygen atoms in total. The molecule has 0 bridgehead atoms. The summed E-state index contributed by atoms with van der Waals surface area (Å²) < 4.78 is 5.60. The number of hydrogen-bond acceptors (Lipinski definition) is 4. The molecule has 120 valence electrons. The van der Waals surface area contributed by atoms with Gasteiger partial charge in [-0.1, -0.05) is 12.1 Å². The van der Waals surface area contributed by atoms with Gasteiger partial charge in [-0.2, -0.15) is 0 Å². The summed E-state index contributed by atoms with van der Waals surface area (Å²) in [6.45, 7) is 3.22. The lowest BCUT2D eigenvalue weighted by atomic mass is 10.1. The Morgan fingerprint density at radius 2 is 2.13 bits per heavy atom. The Balaban J connectivity index is 1.85. The monoisotopic (exact) mass is 328 g/mol. The molecule has 1 aliphatic heterocycles. The Bertz CT molecular complexity index is 663. The Labute approximate surface area is 140 Å². The number of carbonyl (C=O) groups excluding carboxylic acids is 1. The Morgan fingerprint density at radius 3 is 2.91 bits per heavy atom. The van der Waals surface area contributed by atoms with E-state index >= 15 is 0 Å². The average molecular weight is 328 g/mol. The number of thioether (sulfide) groups is 1. The standard InChI is InChI=1S/C18H20N2O2S/c1-2-22-16-5-3-4-15(12-16)18-20(17(21)8-11-23-18)13-14-6-9-19-10-7-14/h3-7,9-10,12,18H,2,8,11,13H2,1H3. The molecule has 1 unspecified atom stereocenters. The summed E-state index contributed by atoms with van der Waals surface area (Å²) in [6.07, 6.45) is 4.13. The molecule has 0 aliphatic carbocycles. The molecule has 1 aromatic carbocycles. The smallest absolute Gasteiger partial charge is 0.224 e. The number of pyridine rings is 1. The lowest BCUT2D eigenvalue weighted by Gasteiger charge is -2.35. The summed E-state index contributed by atoms with van der Waals surface area (Å²) in [4.78, 5) is 18.5. The zero-order chi connectivity index (χ0) is 16.1. The number of nitrogens with zero attached hydrogens (tertiary/aromatic N) is 2. The van der Waals surface area contributed by atoms with Crippen molar-refractivity contribution in [2.75, 3.05) is 12.4 Å². The first-order valence-corrected chi connectivity index (χ1v) is 8.85. The molecular weight excluding hydrogens is 308 g/mol. The molecule has 2 heterocycles. The molecule has 1 aromatic heterocycles. The predicted molar refractivity (Wildman–Crippen MR) is 92.2 cm³/mol. The summed E-state index contributed by atoms with van der Waals surface area (Å²) >= 11 is 1.81. The molecular formula is C18H20N2O2S. The van der Waals surface area contributed by atoms with Crippen LogP contribution < -0.4 is 4.74 Å². The minimum atomic E-state index is 0.0322. The number of amides is 1. The molecule has 0 radical (unpaired) electrons. The van der Waals surface area contributed by atoms with Gasteiger partial charge in [0.05, 0.1) is 6.61 Å². The highest BCUT2D eigenvalue weighted by atomic mass is 32.2. The third-order valence-corrected chi connectivity index (χ3v) is 5.03. The minimum Gasteiger partial charge on any atom is -0.494 e. The SMILES string of the molecule is CCOc1cccc(C2SCCC(=O)N2Cc2ccncc2)c1. The number of ether oxygens (including phenoxy) is 1. The van der Waals surface area contributed by atoms with Gasteiger partial charge in [0.25, 0.3) is 0 Å². The van der Waals surface area contributed by atoms with E-state index in [0.29, 0.717) is 19.6 Å². The fourth-order valence-corrected chi connectivity index (χ4v) is 3.91. The molecule has 1 fully saturated rings. The largest absolute Gasteiger partial charge is 0.494 e. The number of aromatic nitrogens is 1. The highest BCUT2D eigenvalue weighted by Gasteiger charge is 2.30. The second-order valence-electron chi connectivity index (χ2n) is 5.36. The van der Waals surface area contributed by atoms with Crippen molar-refractivity contribution >= 4 is 17.7 Å². The van der Waals surface area contributed by atoms with Crippen molar-refractivity contribution in [1.29, 1.82) is 0 Å². The molecule has 3 rings (SSSR count). The first-order valence-electron chi connectivity index (χ1n) is 7.80. The number of carbonyl (C=O) groups is 1. The second kappa shape index (κ2) is 7.51. The first-order chi connectivity index (χ1) is 11.3. The van der Waals surface area contributed by atoms with Crippen LogP contribution in [0.1, 0.15) is 29.8 Å². The normalized spacial score (nSPS) is 18.0. The van der Waals surface area contributed by atoms with E-state index in [-0.39, 0.29) is 11.3 Å². The van der Waals surface area contributed by atoms with E-state index in [1.165, 1.54) is 0 Å². The Kier molecular flexibility index (Phi) is 5.18. The molecule has 0 spiro atoms. The van der Waals surface area contributed by atoms with Crippen molar-refractivity contribution in [3.63, 3.8) is 0 Å². The average Bonchev–Trinajstić information content (AvgIpc) is 2.58. The lowest BCUT2D eigenvalue weighted by molar-refractivity contribution is -0.132. The van der Waals surface area contributed by atoms with Crippen molar-refractivity contribution in [2.24, 2.45) is 0 Å². The van der Waals surface area contributed by atoms with Gasteiger partial charge >= 0.3 is 0 Å². The van der Waals surface area contributed by atoms with Crippen molar-refractivity contribution < 1.29 is 9.53 Å². The van der Waals surface area contributed by atoms with Gasteiger partial charge in [0.1, 0.15) is 11.1 Å². The van der Waals surface area contributed by atoms with Crippen LogP contribution >= 0.6 is 11.8 Å². The molecule has 1 amide bonds. The van der Waals surface area contributed by atoms with E-state index in [2.05, 4.69) is 11.1 Å². The van der Waals surface area contributed by atoms with E-state index in [0.717, 1.165) is 22.6 Å². The van der Waals surface area contributed by atoms with Gasteiger partial charge in [-0.05, 0) is 42.3 Å². The maximum Gasteiger partial charge on any atom is 0.224 e. The van der Waals surface area contributed by atoms with Crippen molar-refractivity contribution in [3.8, 4) is 5.75 Å². The topological polar surface area (TPSA) is 42.4 Å². The zero-order valence-corrected chi connectivity index (χ0v) is 14.0. The summed E-state index contributed by atoms with van der Waals surface area (Å²) in [5.74, 6) is 1.91. The van der Waals surface area contributed by atoms with Crippen LogP contribution in [0.3, 0.4) is 0 Å². The summed E-state index contributed by atoms with van der Waals surface area (Å²) in [5.41, 5.74) is 2.21. The molecule has 0 N–H and O–H groups in total. The van der Waals surface area contributed by atoms with Gasteiger partial charge in [0, 0.05) is 31.1 Å². The predicted octanol–water partition coefficient (Wildman–Crippen LogP) is 3.64. The maximum absolute atomic E-state index is 12.5. The van der Waals surface area contributed by atoms with Crippen LogP contribution in [-0.4, -0.2) is 28.2 Å². The van der Waals surface area contributed by atoms with Gasteiger partial charge in [-0.25, -0.2) is 0 Å². The molecule has 2 aromatic rings. The van der Waals surface area contributed by atoms with Gasteiger partial charge in [-0.3, -0.25) is 9.78 Å². The van der Waals surface area contributed by atoms with E-state index < -0.39 is 0 Å². The summed E-state index contributed by atoms with van der Waals surface area (Å²) in [6, 6.07) is 12.0. The maximum atomic E-state index is 12.5. The second-order valence-corrected chi connectivity index (χ2v) is 6.54. The van der Waals surface area contributed by atoms with Gasteiger partial charge in [-0.15, -0.1) is 11.8 Å². The Morgan fingerprint density at radius 1 is 1.30 bits per heavy atom. The van der Waals surface area contributed by atoms with Gasteiger partial charge in [0.15, 0.2) is 0 Å². The molecule has 1 atom stereocenters. The quantitative estimate of drug-likeness (QED) is 0.840. The van der Waals surface area contributed by atoms with Crippen LogP contribution in [0.25, 0.3) is 0 Å². The van der Waals surface area contributed by atoms with E-state index in [1.807, 2.05) is 53.9 Å². The fourth-order valence-electron chi connectivity index (χ4n) is 2.68. The van der Waals surface area contributed by atoms with Crippen molar-refractivity contribution in [2.45, 2.75) is 25.3 Å². The minimum absolute atomic E-state index is 0.0322. The summed E-state index contributed by atoms with van der Waals surface area (Å²) in [5, 5.41) is 0.0322. The van der Waals surface area contributed by atoms with E-state index in [1.54, 1.807) is 12.4 Å². The Hall–Kier alpha value is -2.01. The van der Waals surface area contributed by atoms with Gasteiger partial charge < -0.3 is 9.64 Å². The van der Waals surface area contributed by atoms with E-state index in [4.69, 9.17) is 4.74 Å². The lowest BCUT2D eigenvalue weighted by Crippen LogP contribution is -2.36. The highest BCUT2D eigenvalue weighted by Crippen LogP contribution is 2.39. The molecule has 1 saturated heterocycles. The fraction of sp³-hybridized carbons (Fsp3) is 0.333. The van der Waals surface area contributed by atoms with Gasteiger partial charge in [0.2, 0.25) is 5.91 Å². The molecule has 1 aliphatic rings. The van der Waals surface area contributed by atoms with Crippen LogP contribution in [0.2, 0.25) is 0 Å². The van der Waals surface area contributed by atoms with Crippen LogP contribution in [0.4, 0.5) is 0 Å². The molecule has 0 saturated carbocycles.